The Bertz CT molecular complexity index is 817. The van der Waals surface area contributed by atoms with Gasteiger partial charge in [0.25, 0.3) is 0 Å². The van der Waals surface area contributed by atoms with Gasteiger partial charge in [0, 0.05) is 42.7 Å². The van der Waals surface area contributed by atoms with Crippen LogP contribution in [0.5, 0.6) is 5.75 Å². The average Bonchev–Trinajstić information content (AvgIpc) is 3.10. The van der Waals surface area contributed by atoms with Gasteiger partial charge in [0.15, 0.2) is 5.79 Å². The number of halogens is 1. The maximum absolute atomic E-state index is 6.12. The molecular weight excluding hydrogens is 368 g/mol. The van der Waals surface area contributed by atoms with E-state index < -0.39 is 5.79 Å². The quantitative estimate of drug-likeness (QED) is 0.856. The Morgan fingerprint density at radius 3 is 2.59 bits per heavy atom. The highest BCUT2D eigenvalue weighted by Crippen LogP contribution is 2.33. The highest BCUT2D eigenvalue weighted by atomic mass is 35.5. The van der Waals surface area contributed by atoms with Crippen LogP contribution in [0, 0.1) is 6.92 Å². The fraction of sp³-hybridized carbons (Fsp3) is 0.474. The van der Waals surface area contributed by atoms with Crippen molar-refractivity contribution in [3.05, 3.63) is 35.0 Å². The molecular formula is C19H23ClN4O3. The first kappa shape index (κ1) is 18.3. The molecule has 0 bridgehead atoms. The van der Waals surface area contributed by atoms with Crippen LogP contribution in [0.1, 0.15) is 18.5 Å². The zero-order valence-electron chi connectivity index (χ0n) is 15.5. The van der Waals surface area contributed by atoms with Crippen molar-refractivity contribution in [1.82, 2.24) is 9.97 Å². The van der Waals surface area contributed by atoms with Crippen molar-refractivity contribution in [2.45, 2.75) is 25.6 Å². The molecule has 1 aromatic heterocycles. The smallest absolute Gasteiger partial charge is 0.227 e. The zero-order chi connectivity index (χ0) is 18.9. The van der Waals surface area contributed by atoms with Gasteiger partial charge in [-0.15, -0.1) is 0 Å². The van der Waals surface area contributed by atoms with Crippen molar-refractivity contribution in [2.24, 2.45) is 0 Å². The molecule has 4 rings (SSSR count). The summed E-state index contributed by atoms with van der Waals surface area (Å²) in [5.74, 6) is 1.70. The fourth-order valence-electron chi connectivity index (χ4n) is 3.51. The van der Waals surface area contributed by atoms with Crippen LogP contribution in [-0.4, -0.2) is 49.2 Å². The molecule has 1 N–H and O–H groups in total. The molecule has 2 aliphatic heterocycles. The minimum atomic E-state index is -0.407. The molecule has 0 saturated carbocycles. The summed E-state index contributed by atoms with van der Waals surface area (Å²) in [4.78, 5) is 11.5. The first-order chi connectivity index (χ1) is 13.1. The lowest BCUT2D eigenvalue weighted by Gasteiger charge is -2.37. The lowest BCUT2D eigenvalue weighted by atomic mass is 10.0. The van der Waals surface area contributed by atoms with Crippen LogP contribution in [-0.2, 0) is 9.47 Å². The van der Waals surface area contributed by atoms with Crippen LogP contribution < -0.4 is 15.0 Å². The Kier molecular flexibility index (Phi) is 5.08. The van der Waals surface area contributed by atoms with Gasteiger partial charge in [0.2, 0.25) is 5.95 Å². The van der Waals surface area contributed by atoms with E-state index in [0.29, 0.717) is 35.8 Å². The third kappa shape index (κ3) is 3.95. The Labute approximate surface area is 163 Å². The van der Waals surface area contributed by atoms with E-state index in [-0.39, 0.29) is 0 Å². The fourth-order valence-corrected chi connectivity index (χ4v) is 3.68. The van der Waals surface area contributed by atoms with E-state index in [4.69, 9.17) is 30.8 Å². The van der Waals surface area contributed by atoms with E-state index in [9.17, 15) is 0 Å². The summed E-state index contributed by atoms with van der Waals surface area (Å²) >= 11 is 6.12. The third-order valence-electron chi connectivity index (χ3n) is 4.89. The van der Waals surface area contributed by atoms with Crippen molar-refractivity contribution in [3.63, 3.8) is 0 Å². The number of methoxy groups -OCH3 is 1. The van der Waals surface area contributed by atoms with Crippen molar-refractivity contribution < 1.29 is 14.2 Å². The number of aryl methyl sites for hydroxylation is 1. The standard InChI is InChI=1S/C19H23ClN4O3/c1-13-11-17(22-15-12-14(20)3-4-16(15)25-2)23-18(21-13)24-7-5-19(6-8-24)26-9-10-27-19/h3-4,11-12H,5-10H2,1-2H3,(H,21,22,23). The molecule has 2 fully saturated rings. The summed E-state index contributed by atoms with van der Waals surface area (Å²) in [6, 6.07) is 7.33. The molecule has 0 atom stereocenters. The molecule has 0 aliphatic carbocycles. The number of aromatic nitrogens is 2. The molecule has 144 valence electrons. The molecule has 1 aromatic carbocycles. The second kappa shape index (κ2) is 7.50. The van der Waals surface area contributed by atoms with Crippen LogP contribution in [0.25, 0.3) is 0 Å². The van der Waals surface area contributed by atoms with E-state index in [2.05, 4.69) is 15.2 Å². The van der Waals surface area contributed by atoms with Gasteiger partial charge in [-0.2, -0.15) is 4.98 Å². The average molecular weight is 391 g/mol. The maximum Gasteiger partial charge on any atom is 0.227 e. The molecule has 1 spiro atoms. The maximum atomic E-state index is 6.12. The van der Waals surface area contributed by atoms with E-state index in [1.54, 1.807) is 13.2 Å². The number of piperidine rings is 1. The molecule has 7 nitrogen and oxygen atoms in total. The first-order valence-corrected chi connectivity index (χ1v) is 9.44. The minimum absolute atomic E-state index is 0.407. The largest absolute Gasteiger partial charge is 0.495 e. The Morgan fingerprint density at radius 2 is 1.89 bits per heavy atom. The normalized spacial score (nSPS) is 18.7. The molecule has 3 heterocycles. The number of ether oxygens (including phenoxy) is 3. The molecule has 27 heavy (non-hydrogen) atoms. The summed E-state index contributed by atoms with van der Waals surface area (Å²) in [5.41, 5.74) is 1.65. The van der Waals surface area contributed by atoms with Gasteiger partial charge in [-0.05, 0) is 25.1 Å². The van der Waals surface area contributed by atoms with E-state index >= 15 is 0 Å². The summed E-state index contributed by atoms with van der Waals surface area (Å²) < 4.78 is 17.0. The molecule has 2 saturated heterocycles. The predicted octanol–water partition coefficient (Wildman–Crippen LogP) is 3.53. The second-order valence-electron chi connectivity index (χ2n) is 6.76. The predicted molar refractivity (Wildman–Crippen MR) is 104 cm³/mol. The van der Waals surface area contributed by atoms with Crippen LogP contribution in [0.2, 0.25) is 5.02 Å². The Morgan fingerprint density at radius 1 is 1.15 bits per heavy atom. The van der Waals surface area contributed by atoms with Gasteiger partial charge in [-0.1, -0.05) is 11.6 Å². The molecule has 2 aromatic rings. The van der Waals surface area contributed by atoms with Crippen molar-refractivity contribution >= 4 is 29.1 Å². The van der Waals surface area contributed by atoms with Gasteiger partial charge in [0.05, 0.1) is 26.0 Å². The van der Waals surface area contributed by atoms with Gasteiger partial charge in [-0.3, -0.25) is 0 Å². The summed E-state index contributed by atoms with van der Waals surface area (Å²) in [7, 11) is 1.63. The number of nitrogens with zero attached hydrogens (tertiary/aromatic N) is 3. The number of hydrogen-bond donors (Lipinski definition) is 1. The summed E-state index contributed by atoms with van der Waals surface area (Å²) in [6.07, 6.45) is 1.63. The van der Waals surface area contributed by atoms with Crippen molar-refractivity contribution in [1.29, 1.82) is 0 Å². The van der Waals surface area contributed by atoms with E-state index in [1.807, 2.05) is 25.1 Å². The van der Waals surface area contributed by atoms with E-state index in [1.165, 1.54) is 0 Å². The first-order valence-electron chi connectivity index (χ1n) is 9.06. The van der Waals surface area contributed by atoms with Gasteiger partial charge in [0.1, 0.15) is 11.6 Å². The number of benzene rings is 1. The third-order valence-corrected chi connectivity index (χ3v) is 5.12. The monoisotopic (exact) mass is 390 g/mol. The van der Waals surface area contributed by atoms with Crippen molar-refractivity contribution in [3.8, 4) is 5.75 Å². The topological polar surface area (TPSA) is 68.7 Å². The Hall–Kier alpha value is -2.09. The van der Waals surface area contributed by atoms with Crippen LogP contribution in [0.4, 0.5) is 17.5 Å². The summed E-state index contributed by atoms with van der Waals surface area (Å²) in [6.45, 7) is 4.90. The lowest BCUT2D eigenvalue weighted by molar-refractivity contribution is -0.169. The van der Waals surface area contributed by atoms with Crippen LogP contribution >= 0.6 is 11.6 Å². The van der Waals surface area contributed by atoms with Gasteiger partial charge < -0.3 is 24.4 Å². The second-order valence-corrected chi connectivity index (χ2v) is 7.20. The SMILES string of the molecule is COc1ccc(Cl)cc1Nc1cc(C)nc(N2CCC3(CC2)OCCO3)n1. The zero-order valence-corrected chi connectivity index (χ0v) is 16.3. The lowest BCUT2D eigenvalue weighted by Crippen LogP contribution is -2.45. The Balaban J connectivity index is 1.53. The molecule has 8 heteroatoms. The minimum Gasteiger partial charge on any atom is -0.495 e. The molecule has 0 radical (unpaired) electrons. The molecule has 0 unspecified atom stereocenters. The molecule has 2 aliphatic rings. The number of rotatable bonds is 4. The van der Waals surface area contributed by atoms with E-state index in [0.717, 1.165) is 37.3 Å². The van der Waals surface area contributed by atoms with Crippen LogP contribution in [0.3, 0.4) is 0 Å². The molecule has 0 amide bonds. The van der Waals surface area contributed by atoms with Gasteiger partial charge in [-0.25, -0.2) is 4.98 Å². The van der Waals surface area contributed by atoms with Gasteiger partial charge >= 0.3 is 0 Å². The van der Waals surface area contributed by atoms with Crippen molar-refractivity contribution in [2.75, 3.05) is 43.6 Å². The summed E-state index contributed by atoms with van der Waals surface area (Å²) in [5, 5.41) is 3.92. The number of hydrogen-bond acceptors (Lipinski definition) is 7. The highest BCUT2D eigenvalue weighted by molar-refractivity contribution is 6.31. The number of anilines is 3. The van der Waals surface area contributed by atoms with Crippen LogP contribution in [0.15, 0.2) is 24.3 Å². The highest BCUT2D eigenvalue weighted by Gasteiger charge is 2.40. The number of nitrogens with one attached hydrogen (secondary N) is 1.